The molecular weight excluding hydrogens is 182 g/mol. The second-order valence-electron chi connectivity index (χ2n) is 2.76. The summed E-state index contributed by atoms with van der Waals surface area (Å²) in [5, 5.41) is 9.55. The van der Waals surface area contributed by atoms with Gasteiger partial charge in [0.25, 0.3) is 0 Å². The van der Waals surface area contributed by atoms with Gasteiger partial charge in [0, 0.05) is 16.7 Å². The lowest BCUT2D eigenvalue weighted by Gasteiger charge is -2.02. The van der Waals surface area contributed by atoms with Crippen LogP contribution in [0, 0.1) is 0 Å². The van der Waals surface area contributed by atoms with Crippen LogP contribution >= 0.6 is 12.6 Å². The average molecular weight is 191 g/mol. The number of phenols is 1. The fraction of sp³-hybridized carbons (Fsp3) is 0. The smallest absolute Gasteiger partial charge is 0.124 e. The number of thiol groups is 1. The van der Waals surface area contributed by atoms with Crippen molar-refractivity contribution < 1.29 is 5.11 Å². The Morgan fingerprint density at radius 2 is 1.92 bits per heavy atom. The first kappa shape index (κ1) is 8.26. The molecule has 0 saturated carbocycles. The first-order valence-electron chi connectivity index (χ1n) is 3.94. The first-order chi connectivity index (χ1) is 6.29. The van der Waals surface area contributed by atoms with Crippen LogP contribution in [0.4, 0.5) is 0 Å². The molecular formula is C10H9NOS. The Bertz CT molecular complexity index is 422. The second-order valence-corrected chi connectivity index (χ2v) is 3.24. The standard InChI is InChI=1S/C10H9NOS/c12-8-4-2-1-3-7(8)10-9(13)5-6-11-10/h1-6,11-13H. The van der Waals surface area contributed by atoms with Gasteiger partial charge in [0.1, 0.15) is 5.75 Å². The highest BCUT2D eigenvalue weighted by Crippen LogP contribution is 2.31. The van der Waals surface area contributed by atoms with E-state index < -0.39 is 0 Å². The van der Waals surface area contributed by atoms with Gasteiger partial charge >= 0.3 is 0 Å². The van der Waals surface area contributed by atoms with E-state index in [-0.39, 0.29) is 5.75 Å². The van der Waals surface area contributed by atoms with Gasteiger partial charge in [0.05, 0.1) is 5.69 Å². The molecule has 0 unspecified atom stereocenters. The van der Waals surface area contributed by atoms with Gasteiger partial charge in [-0.2, -0.15) is 0 Å². The summed E-state index contributed by atoms with van der Waals surface area (Å²) in [5.74, 6) is 0.264. The number of aromatic hydroxyl groups is 1. The van der Waals surface area contributed by atoms with E-state index in [9.17, 15) is 5.11 Å². The summed E-state index contributed by atoms with van der Waals surface area (Å²) >= 11 is 4.27. The molecule has 1 aromatic carbocycles. The predicted octanol–water partition coefficient (Wildman–Crippen LogP) is 2.68. The molecule has 2 N–H and O–H groups in total. The molecule has 1 heterocycles. The molecule has 2 aromatic rings. The van der Waals surface area contributed by atoms with Crippen LogP contribution in [0.2, 0.25) is 0 Å². The van der Waals surface area contributed by atoms with Crippen LogP contribution in [-0.2, 0) is 0 Å². The molecule has 0 atom stereocenters. The summed E-state index contributed by atoms with van der Waals surface area (Å²) in [6, 6.07) is 9.03. The molecule has 2 rings (SSSR count). The Morgan fingerprint density at radius 3 is 2.54 bits per heavy atom. The number of rotatable bonds is 1. The van der Waals surface area contributed by atoms with Crippen LogP contribution < -0.4 is 0 Å². The van der Waals surface area contributed by atoms with Gasteiger partial charge < -0.3 is 10.1 Å². The molecule has 0 fully saturated rings. The molecule has 3 heteroatoms. The number of aromatic amines is 1. The van der Waals surface area contributed by atoms with Crippen molar-refractivity contribution in [2.24, 2.45) is 0 Å². The van der Waals surface area contributed by atoms with E-state index in [0.717, 1.165) is 16.2 Å². The van der Waals surface area contributed by atoms with Gasteiger partial charge in [-0.25, -0.2) is 0 Å². The summed E-state index contributed by atoms with van der Waals surface area (Å²) in [6.07, 6.45) is 1.80. The third-order valence-electron chi connectivity index (χ3n) is 1.90. The van der Waals surface area contributed by atoms with Crippen LogP contribution in [0.15, 0.2) is 41.4 Å². The maximum absolute atomic E-state index is 9.55. The van der Waals surface area contributed by atoms with Crippen LogP contribution in [0.1, 0.15) is 0 Å². The minimum Gasteiger partial charge on any atom is -0.507 e. The Hall–Kier alpha value is -1.35. The number of benzene rings is 1. The van der Waals surface area contributed by atoms with Crippen molar-refractivity contribution in [1.29, 1.82) is 0 Å². The van der Waals surface area contributed by atoms with E-state index in [0.29, 0.717) is 0 Å². The lowest BCUT2D eigenvalue weighted by Crippen LogP contribution is -1.78. The number of nitrogens with one attached hydrogen (secondary N) is 1. The van der Waals surface area contributed by atoms with E-state index in [2.05, 4.69) is 17.6 Å². The van der Waals surface area contributed by atoms with Crippen molar-refractivity contribution >= 4 is 12.6 Å². The molecule has 0 spiro atoms. The normalized spacial score (nSPS) is 10.2. The number of hydrogen-bond acceptors (Lipinski definition) is 2. The Balaban J connectivity index is 2.59. The van der Waals surface area contributed by atoms with Crippen molar-refractivity contribution in [1.82, 2.24) is 4.98 Å². The second kappa shape index (κ2) is 3.18. The van der Waals surface area contributed by atoms with Crippen LogP contribution in [0.5, 0.6) is 5.75 Å². The molecule has 2 nitrogen and oxygen atoms in total. The van der Waals surface area contributed by atoms with Crippen molar-refractivity contribution in [3.63, 3.8) is 0 Å². The third-order valence-corrected chi connectivity index (χ3v) is 2.27. The zero-order chi connectivity index (χ0) is 9.26. The molecule has 0 aliphatic rings. The quantitative estimate of drug-likeness (QED) is 0.595. The highest BCUT2D eigenvalue weighted by atomic mass is 32.1. The number of H-pyrrole nitrogens is 1. The van der Waals surface area contributed by atoms with Crippen molar-refractivity contribution in [3.8, 4) is 17.0 Å². The molecule has 0 bridgehead atoms. The number of aromatic nitrogens is 1. The van der Waals surface area contributed by atoms with Crippen LogP contribution in [0.3, 0.4) is 0 Å². The van der Waals surface area contributed by atoms with Crippen molar-refractivity contribution in [2.75, 3.05) is 0 Å². The summed E-state index contributed by atoms with van der Waals surface area (Å²) in [6.45, 7) is 0. The minimum atomic E-state index is 0.264. The number of phenolic OH excluding ortho intramolecular Hbond substituents is 1. The highest BCUT2D eigenvalue weighted by Gasteiger charge is 2.06. The van der Waals surface area contributed by atoms with Gasteiger partial charge in [-0.1, -0.05) is 12.1 Å². The van der Waals surface area contributed by atoms with Gasteiger partial charge in [0.2, 0.25) is 0 Å². The summed E-state index contributed by atoms with van der Waals surface area (Å²) in [4.78, 5) is 3.86. The molecule has 0 radical (unpaired) electrons. The van der Waals surface area contributed by atoms with Crippen molar-refractivity contribution in [3.05, 3.63) is 36.5 Å². The lowest BCUT2D eigenvalue weighted by molar-refractivity contribution is 0.477. The summed E-state index contributed by atoms with van der Waals surface area (Å²) < 4.78 is 0. The monoisotopic (exact) mass is 191 g/mol. The fourth-order valence-corrected chi connectivity index (χ4v) is 1.52. The van der Waals surface area contributed by atoms with Gasteiger partial charge in [-0.15, -0.1) is 12.6 Å². The van der Waals surface area contributed by atoms with Gasteiger partial charge in [-0.05, 0) is 18.2 Å². The Labute approximate surface area is 81.6 Å². The molecule has 66 valence electrons. The third kappa shape index (κ3) is 1.42. The molecule has 0 amide bonds. The van der Waals surface area contributed by atoms with Crippen LogP contribution in [0.25, 0.3) is 11.3 Å². The summed E-state index contributed by atoms with van der Waals surface area (Å²) in [5.41, 5.74) is 1.62. The van der Waals surface area contributed by atoms with Crippen molar-refractivity contribution in [2.45, 2.75) is 4.90 Å². The molecule has 0 aliphatic heterocycles. The van der Waals surface area contributed by atoms with E-state index >= 15 is 0 Å². The average Bonchev–Trinajstić information content (AvgIpc) is 2.52. The van der Waals surface area contributed by atoms with Gasteiger partial charge in [0.15, 0.2) is 0 Å². The Kier molecular flexibility index (Phi) is 2.02. The predicted molar refractivity (Wildman–Crippen MR) is 55.1 cm³/mol. The summed E-state index contributed by atoms with van der Waals surface area (Å²) in [7, 11) is 0. The molecule has 13 heavy (non-hydrogen) atoms. The molecule has 0 saturated heterocycles. The lowest BCUT2D eigenvalue weighted by atomic mass is 10.1. The molecule has 0 aliphatic carbocycles. The van der Waals surface area contributed by atoms with E-state index in [1.54, 1.807) is 18.3 Å². The topological polar surface area (TPSA) is 36.0 Å². The highest BCUT2D eigenvalue weighted by molar-refractivity contribution is 7.80. The number of hydrogen-bond donors (Lipinski definition) is 3. The zero-order valence-electron chi connectivity index (χ0n) is 6.86. The maximum atomic E-state index is 9.55. The van der Waals surface area contributed by atoms with E-state index in [1.165, 1.54) is 0 Å². The first-order valence-corrected chi connectivity index (χ1v) is 4.38. The van der Waals surface area contributed by atoms with Gasteiger partial charge in [-0.3, -0.25) is 0 Å². The van der Waals surface area contributed by atoms with E-state index in [1.807, 2.05) is 18.2 Å². The Morgan fingerprint density at radius 1 is 1.15 bits per heavy atom. The molecule has 1 aromatic heterocycles. The van der Waals surface area contributed by atoms with Crippen LogP contribution in [-0.4, -0.2) is 10.1 Å². The maximum Gasteiger partial charge on any atom is 0.124 e. The zero-order valence-corrected chi connectivity index (χ0v) is 7.75. The number of para-hydroxylation sites is 1. The minimum absolute atomic E-state index is 0.264. The SMILES string of the molecule is Oc1ccccc1-c1[nH]ccc1S. The van der Waals surface area contributed by atoms with E-state index in [4.69, 9.17) is 0 Å². The largest absolute Gasteiger partial charge is 0.507 e. The fourth-order valence-electron chi connectivity index (χ4n) is 1.26.